The van der Waals surface area contributed by atoms with Gasteiger partial charge in [-0.2, -0.15) is 8.42 Å². The molecule has 1 aliphatic heterocycles. The Morgan fingerprint density at radius 2 is 2.03 bits per heavy atom. The molecule has 0 radical (unpaired) electrons. The van der Waals surface area contributed by atoms with E-state index in [9.17, 15) is 18.0 Å². The maximum atomic E-state index is 12.8. The van der Waals surface area contributed by atoms with E-state index in [2.05, 4.69) is 16.3 Å². The van der Waals surface area contributed by atoms with Gasteiger partial charge in [0, 0.05) is 29.7 Å². The molecular formula is C21H20ClN3O5S2. The average molecular weight is 494 g/mol. The molecule has 1 N–H and O–H groups in total. The third-order valence-corrected chi connectivity index (χ3v) is 7.19. The van der Waals surface area contributed by atoms with E-state index < -0.39 is 27.1 Å². The van der Waals surface area contributed by atoms with Crippen molar-refractivity contribution in [3.8, 4) is 5.75 Å². The van der Waals surface area contributed by atoms with E-state index in [1.807, 2.05) is 0 Å². The molecule has 0 aromatic heterocycles. The quantitative estimate of drug-likeness (QED) is 0.564. The van der Waals surface area contributed by atoms with E-state index in [1.165, 1.54) is 42.4 Å². The molecule has 1 unspecified atom stereocenters. The van der Waals surface area contributed by atoms with Crippen LogP contribution in [-0.2, 0) is 19.6 Å². The summed E-state index contributed by atoms with van der Waals surface area (Å²) in [5, 5.41) is 2.27. The van der Waals surface area contributed by atoms with Gasteiger partial charge in [0.25, 0.3) is 10.0 Å². The van der Waals surface area contributed by atoms with Gasteiger partial charge < -0.3 is 10.1 Å². The Morgan fingerprint density at radius 3 is 2.69 bits per heavy atom. The first kappa shape index (κ1) is 23.8. The number of ether oxygens (including phenoxy) is 1. The highest BCUT2D eigenvalue weighted by Gasteiger charge is 2.39. The van der Waals surface area contributed by atoms with Crippen molar-refractivity contribution in [3.05, 3.63) is 66.2 Å². The van der Waals surface area contributed by atoms with Gasteiger partial charge in [0.2, 0.25) is 11.8 Å². The van der Waals surface area contributed by atoms with Crippen LogP contribution in [-0.4, -0.2) is 49.2 Å². The number of benzene rings is 2. The van der Waals surface area contributed by atoms with Gasteiger partial charge in [-0.05, 0) is 36.4 Å². The van der Waals surface area contributed by atoms with E-state index >= 15 is 0 Å². The van der Waals surface area contributed by atoms with E-state index in [0.717, 1.165) is 11.8 Å². The van der Waals surface area contributed by atoms with Crippen LogP contribution in [0.2, 0.25) is 5.02 Å². The molecule has 32 heavy (non-hydrogen) atoms. The van der Waals surface area contributed by atoms with Crippen LogP contribution in [0.1, 0.15) is 6.42 Å². The van der Waals surface area contributed by atoms with Crippen molar-refractivity contribution in [1.82, 2.24) is 4.90 Å². The van der Waals surface area contributed by atoms with Gasteiger partial charge in [0.15, 0.2) is 5.17 Å². The van der Waals surface area contributed by atoms with E-state index in [0.29, 0.717) is 16.5 Å². The lowest BCUT2D eigenvalue weighted by atomic mass is 10.2. The Morgan fingerprint density at radius 1 is 1.31 bits per heavy atom. The number of anilines is 1. The molecule has 0 saturated carbocycles. The number of methoxy groups -OCH3 is 1. The second kappa shape index (κ2) is 10.2. The summed E-state index contributed by atoms with van der Waals surface area (Å²) in [4.78, 5) is 26.5. The normalized spacial score (nSPS) is 17.4. The zero-order valence-electron chi connectivity index (χ0n) is 17.0. The van der Waals surface area contributed by atoms with E-state index in [4.69, 9.17) is 16.3 Å². The largest absolute Gasteiger partial charge is 0.497 e. The number of halogens is 1. The van der Waals surface area contributed by atoms with Gasteiger partial charge in [-0.3, -0.25) is 14.5 Å². The number of amides is 2. The van der Waals surface area contributed by atoms with E-state index in [-0.39, 0.29) is 23.0 Å². The molecule has 168 valence electrons. The highest BCUT2D eigenvalue weighted by molar-refractivity contribution is 8.16. The van der Waals surface area contributed by atoms with Gasteiger partial charge in [-0.15, -0.1) is 11.0 Å². The smallest absolute Gasteiger partial charge is 0.284 e. The van der Waals surface area contributed by atoms with Crippen molar-refractivity contribution in [1.29, 1.82) is 0 Å². The number of hydrogen-bond donors (Lipinski definition) is 1. The monoisotopic (exact) mass is 493 g/mol. The number of rotatable bonds is 8. The molecule has 1 aliphatic rings. The number of nitrogens with one attached hydrogen (secondary N) is 1. The Bertz CT molecular complexity index is 1170. The summed E-state index contributed by atoms with van der Waals surface area (Å²) in [5.74, 6) is -0.238. The molecule has 0 bridgehead atoms. The molecular weight excluding hydrogens is 474 g/mol. The predicted molar refractivity (Wildman–Crippen MR) is 126 cm³/mol. The fraction of sp³-hybridized carbons (Fsp3) is 0.190. The zero-order chi connectivity index (χ0) is 23.3. The lowest BCUT2D eigenvalue weighted by molar-refractivity contribution is -0.127. The van der Waals surface area contributed by atoms with Gasteiger partial charge in [0.1, 0.15) is 11.0 Å². The summed E-state index contributed by atoms with van der Waals surface area (Å²) >= 11 is 6.74. The van der Waals surface area contributed by atoms with Crippen LogP contribution < -0.4 is 10.1 Å². The van der Waals surface area contributed by atoms with Crippen LogP contribution in [0.25, 0.3) is 0 Å². The van der Waals surface area contributed by atoms with Crippen LogP contribution in [0, 0.1) is 0 Å². The third-order valence-electron chi connectivity index (χ3n) is 4.37. The standard InChI is InChI=1S/C21H20ClN3O5S2/c1-3-11-25-20(27)18(13-19(26)23-15-5-4-6-16(12-15)30-2)31-21(25)24-32(28,29)17-9-7-14(22)8-10-17/h3-10,12,18H,1,11,13H2,2H3,(H,23,26). The Balaban J connectivity index is 1.78. The van der Waals surface area contributed by atoms with Gasteiger partial charge in [-0.25, -0.2) is 0 Å². The van der Waals surface area contributed by atoms with Crippen molar-refractivity contribution in [2.24, 2.45) is 4.40 Å². The first-order valence-electron chi connectivity index (χ1n) is 9.37. The van der Waals surface area contributed by atoms with Crippen LogP contribution in [0.4, 0.5) is 5.69 Å². The molecule has 1 heterocycles. The lowest BCUT2D eigenvalue weighted by Crippen LogP contribution is -2.33. The van der Waals surface area contributed by atoms with Crippen LogP contribution >= 0.6 is 23.4 Å². The number of hydrogen-bond acceptors (Lipinski definition) is 6. The number of amidine groups is 1. The molecule has 1 atom stereocenters. The molecule has 1 fully saturated rings. The third kappa shape index (κ3) is 5.70. The minimum Gasteiger partial charge on any atom is -0.497 e. The zero-order valence-corrected chi connectivity index (χ0v) is 19.4. The van der Waals surface area contributed by atoms with Crippen molar-refractivity contribution in [3.63, 3.8) is 0 Å². The van der Waals surface area contributed by atoms with Gasteiger partial charge in [0.05, 0.1) is 12.0 Å². The first-order chi connectivity index (χ1) is 15.2. The average Bonchev–Trinajstić information content (AvgIpc) is 3.02. The van der Waals surface area contributed by atoms with Crippen molar-refractivity contribution in [2.75, 3.05) is 19.0 Å². The number of sulfonamides is 1. The fourth-order valence-electron chi connectivity index (χ4n) is 2.85. The fourth-order valence-corrected chi connectivity index (χ4v) is 5.34. The highest BCUT2D eigenvalue weighted by atomic mass is 35.5. The van der Waals surface area contributed by atoms with Crippen LogP contribution in [0.3, 0.4) is 0 Å². The summed E-state index contributed by atoms with van der Waals surface area (Å²) in [6.45, 7) is 3.67. The number of nitrogens with zero attached hydrogens (tertiary/aromatic N) is 2. The van der Waals surface area contributed by atoms with Gasteiger partial charge >= 0.3 is 0 Å². The molecule has 2 amide bonds. The minimum atomic E-state index is -4.08. The first-order valence-corrected chi connectivity index (χ1v) is 12.1. The SMILES string of the molecule is C=CCN1C(=O)C(CC(=O)Nc2cccc(OC)c2)SC1=NS(=O)(=O)c1ccc(Cl)cc1. The highest BCUT2D eigenvalue weighted by Crippen LogP contribution is 2.31. The molecule has 2 aromatic carbocycles. The number of thioether (sulfide) groups is 1. The van der Waals surface area contributed by atoms with Crippen molar-refractivity contribution in [2.45, 2.75) is 16.6 Å². The molecule has 2 aromatic rings. The van der Waals surface area contributed by atoms with Crippen LogP contribution in [0.15, 0.2) is 70.5 Å². The Labute approximate surface area is 195 Å². The summed E-state index contributed by atoms with van der Waals surface area (Å²) < 4.78 is 34.3. The maximum Gasteiger partial charge on any atom is 0.284 e. The molecule has 0 spiro atoms. The minimum absolute atomic E-state index is 0.0102. The predicted octanol–water partition coefficient (Wildman–Crippen LogP) is 3.55. The van der Waals surface area contributed by atoms with Crippen molar-refractivity contribution >= 4 is 56.1 Å². The number of carbonyl (C=O) groups excluding carboxylic acids is 2. The summed E-state index contributed by atoms with van der Waals surface area (Å²) in [5.41, 5.74) is 0.520. The van der Waals surface area contributed by atoms with E-state index in [1.54, 1.807) is 24.3 Å². The summed E-state index contributed by atoms with van der Waals surface area (Å²) in [7, 11) is -2.56. The number of carbonyl (C=O) groups is 2. The maximum absolute atomic E-state index is 12.8. The lowest BCUT2D eigenvalue weighted by Gasteiger charge is -2.13. The topological polar surface area (TPSA) is 105 Å². The Hall–Kier alpha value is -2.82. The summed E-state index contributed by atoms with van der Waals surface area (Å²) in [6.07, 6.45) is 1.30. The molecule has 1 saturated heterocycles. The van der Waals surface area contributed by atoms with Crippen molar-refractivity contribution < 1.29 is 22.7 Å². The molecule has 11 heteroatoms. The summed E-state index contributed by atoms with van der Waals surface area (Å²) in [6, 6.07) is 12.4. The second-order valence-corrected chi connectivity index (χ2v) is 9.84. The molecule has 0 aliphatic carbocycles. The second-order valence-electron chi connectivity index (χ2n) is 6.63. The Kier molecular flexibility index (Phi) is 7.60. The molecule has 8 nitrogen and oxygen atoms in total. The van der Waals surface area contributed by atoms with Gasteiger partial charge in [-0.1, -0.05) is 35.5 Å². The van der Waals surface area contributed by atoms with Crippen LogP contribution in [0.5, 0.6) is 5.75 Å². The molecule has 3 rings (SSSR count).